The molecule has 4 rings (SSSR count). The monoisotopic (exact) mass is 398 g/mol. The van der Waals surface area contributed by atoms with Crippen molar-refractivity contribution in [2.75, 3.05) is 5.43 Å². The number of anilines is 1. The molecule has 0 aliphatic carbocycles. The van der Waals surface area contributed by atoms with Crippen LogP contribution in [-0.2, 0) is 0 Å². The van der Waals surface area contributed by atoms with Crippen molar-refractivity contribution >= 4 is 50.2 Å². The number of benzene rings is 2. The number of halogens is 1. The summed E-state index contributed by atoms with van der Waals surface area (Å²) < 4.78 is 6.76. The fourth-order valence-electron chi connectivity index (χ4n) is 2.46. The molecule has 2 heterocycles. The number of aromatic nitrogens is 1. The highest BCUT2D eigenvalue weighted by molar-refractivity contribution is 7.22. The third kappa shape index (κ3) is 3.67. The van der Waals surface area contributed by atoms with Crippen molar-refractivity contribution in [1.29, 1.82) is 0 Å². The fourth-order valence-corrected chi connectivity index (χ4v) is 3.54. The van der Waals surface area contributed by atoms with Gasteiger partial charge in [-0.15, -0.1) is 0 Å². The number of hydrogen-bond acceptors (Lipinski definition) is 7. The molecule has 0 amide bonds. The van der Waals surface area contributed by atoms with Crippen molar-refractivity contribution in [2.45, 2.75) is 0 Å². The minimum atomic E-state index is -0.496. The number of para-hydroxylation sites is 1. The summed E-state index contributed by atoms with van der Waals surface area (Å²) in [5.41, 5.74) is 4.29. The van der Waals surface area contributed by atoms with E-state index in [1.54, 1.807) is 18.2 Å². The van der Waals surface area contributed by atoms with Gasteiger partial charge in [-0.2, -0.15) is 5.10 Å². The van der Waals surface area contributed by atoms with Gasteiger partial charge in [0.05, 0.1) is 26.4 Å². The van der Waals surface area contributed by atoms with E-state index in [1.165, 1.54) is 29.7 Å². The molecule has 2 aromatic carbocycles. The Morgan fingerprint density at radius 1 is 1.22 bits per heavy atom. The zero-order chi connectivity index (χ0) is 18.8. The van der Waals surface area contributed by atoms with Gasteiger partial charge in [-0.1, -0.05) is 35.1 Å². The Hall–Kier alpha value is -3.23. The lowest BCUT2D eigenvalue weighted by Crippen LogP contribution is -1.88. The van der Waals surface area contributed by atoms with E-state index < -0.39 is 4.92 Å². The smallest absolute Gasteiger partial charge is 0.270 e. The Bertz CT molecular complexity index is 1140. The number of nitro benzene ring substituents is 1. The summed E-state index contributed by atoms with van der Waals surface area (Å²) in [4.78, 5) is 14.7. The van der Waals surface area contributed by atoms with E-state index >= 15 is 0 Å². The Morgan fingerprint density at radius 2 is 2.07 bits per heavy atom. The number of nitro groups is 1. The molecule has 0 aliphatic heterocycles. The average molecular weight is 399 g/mol. The molecule has 4 aromatic rings. The van der Waals surface area contributed by atoms with Gasteiger partial charge in [0.15, 0.2) is 0 Å². The third-order valence-corrected chi connectivity index (χ3v) is 4.96. The molecule has 9 heteroatoms. The highest BCUT2D eigenvalue weighted by Crippen LogP contribution is 2.32. The predicted molar refractivity (Wildman–Crippen MR) is 107 cm³/mol. The van der Waals surface area contributed by atoms with Crippen LogP contribution in [0, 0.1) is 10.1 Å². The van der Waals surface area contributed by atoms with Crippen LogP contribution < -0.4 is 5.43 Å². The fraction of sp³-hybridized carbons (Fsp3) is 0. The lowest BCUT2D eigenvalue weighted by molar-refractivity contribution is -0.384. The maximum absolute atomic E-state index is 10.8. The largest absolute Gasteiger partial charge is 0.455 e. The molecule has 27 heavy (non-hydrogen) atoms. The first kappa shape index (κ1) is 17.2. The van der Waals surface area contributed by atoms with Crippen LogP contribution in [0.5, 0.6) is 0 Å². The molecular weight excluding hydrogens is 388 g/mol. The molecule has 7 nitrogen and oxygen atoms in total. The first-order chi connectivity index (χ1) is 13.1. The second kappa shape index (κ2) is 7.18. The van der Waals surface area contributed by atoms with Crippen LogP contribution in [0.4, 0.5) is 10.8 Å². The SMILES string of the molecule is O=[N+]([O-])c1ccc(-c2ccc(/C=N/Nc3nc4ccccc4s3)o2)c(Cl)c1. The first-order valence-electron chi connectivity index (χ1n) is 7.79. The molecule has 0 atom stereocenters. The number of furan rings is 1. The number of rotatable bonds is 5. The zero-order valence-corrected chi connectivity index (χ0v) is 15.2. The topological polar surface area (TPSA) is 93.6 Å². The standard InChI is InChI=1S/C18H11ClN4O3S/c19-14-9-11(23(24)25)5-7-13(14)16-8-6-12(26-16)10-20-22-18-21-15-3-1-2-4-17(15)27-18/h1-10H,(H,21,22)/b20-10+. The quantitative estimate of drug-likeness (QED) is 0.269. The van der Waals surface area contributed by atoms with Crippen molar-refractivity contribution in [3.63, 3.8) is 0 Å². The zero-order valence-electron chi connectivity index (χ0n) is 13.6. The van der Waals surface area contributed by atoms with Gasteiger partial charge < -0.3 is 4.42 Å². The molecule has 0 fully saturated rings. The van der Waals surface area contributed by atoms with Crippen LogP contribution in [0.3, 0.4) is 0 Å². The van der Waals surface area contributed by atoms with Crippen molar-refractivity contribution in [3.8, 4) is 11.3 Å². The second-order valence-electron chi connectivity index (χ2n) is 5.48. The van der Waals surface area contributed by atoms with Crippen LogP contribution >= 0.6 is 22.9 Å². The summed E-state index contributed by atoms with van der Waals surface area (Å²) in [6, 6.07) is 15.5. The Labute approximate surface area is 162 Å². The lowest BCUT2D eigenvalue weighted by atomic mass is 10.1. The van der Waals surface area contributed by atoms with Gasteiger partial charge in [0.2, 0.25) is 5.13 Å². The van der Waals surface area contributed by atoms with Gasteiger partial charge in [0.1, 0.15) is 11.5 Å². The van der Waals surface area contributed by atoms with Gasteiger partial charge >= 0.3 is 0 Å². The van der Waals surface area contributed by atoms with Crippen molar-refractivity contribution < 1.29 is 9.34 Å². The number of hydrogen-bond donors (Lipinski definition) is 1. The number of non-ortho nitro benzene ring substituents is 1. The molecule has 0 aliphatic rings. The van der Waals surface area contributed by atoms with E-state index in [1.807, 2.05) is 24.3 Å². The van der Waals surface area contributed by atoms with Crippen LogP contribution in [0.2, 0.25) is 5.02 Å². The van der Waals surface area contributed by atoms with E-state index in [4.69, 9.17) is 16.0 Å². The van der Waals surface area contributed by atoms with E-state index in [9.17, 15) is 10.1 Å². The maximum Gasteiger partial charge on any atom is 0.270 e. The molecule has 0 spiro atoms. The van der Waals surface area contributed by atoms with Gasteiger partial charge in [-0.3, -0.25) is 15.5 Å². The minimum Gasteiger partial charge on any atom is -0.455 e. The number of fused-ring (bicyclic) bond motifs is 1. The minimum absolute atomic E-state index is 0.0721. The summed E-state index contributed by atoms with van der Waals surface area (Å²) in [6.45, 7) is 0. The van der Waals surface area contributed by atoms with Gasteiger partial charge in [-0.25, -0.2) is 4.98 Å². The van der Waals surface area contributed by atoms with Crippen LogP contribution in [-0.4, -0.2) is 16.1 Å². The Morgan fingerprint density at radius 3 is 2.85 bits per heavy atom. The molecule has 0 saturated heterocycles. The van der Waals surface area contributed by atoms with Crippen LogP contribution in [0.15, 0.2) is 64.1 Å². The van der Waals surface area contributed by atoms with Crippen molar-refractivity contribution in [2.24, 2.45) is 5.10 Å². The van der Waals surface area contributed by atoms with E-state index in [-0.39, 0.29) is 10.7 Å². The summed E-state index contributed by atoms with van der Waals surface area (Å²) in [5.74, 6) is 1.00. The van der Waals surface area contributed by atoms with E-state index in [2.05, 4.69) is 15.5 Å². The van der Waals surface area contributed by atoms with Crippen LogP contribution in [0.1, 0.15) is 5.76 Å². The summed E-state index contributed by atoms with van der Waals surface area (Å²) in [7, 11) is 0. The molecular formula is C18H11ClN4O3S. The number of nitrogens with one attached hydrogen (secondary N) is 1. The maximum atomic E-state index is 10.8. The normalized spacial score (nSPS) is 11.3. The van der Waals surface area contributed by atoms with Crippen molar-refractivity contribution in [3.05, 3.63) is 75.5 Å². The summed E-state index contributed by atoms with van der Waals surface area (Å²) >= 11 is 7.62. The number of nitrogens with zero attached hydrogens (tertiary/aromatic N) is 3. The first-order valence-corrected chi connectivity index (χ1v) is 8.98. The molecule has 0 saturated carbocycles. The molecule has 2 aromatic heterocycles. The van der Waals surface area contributed by atoms with E-state index in [0.717, 1.165) is 10.2 Å². The van der Waals surface area contributed by atoms with Gasteiger partial charge in [0, 0.05) is 17.7 Å². The van der Waals surface area contributed by atoms with E-state index in [0.29, 0.717) is 22.2 Å². The summed E-state index contributed by atoms with van der Waals surface area (Å²) in [6.07, 6.45) is 1.52. The lowest BCUT2D eigenvalue weighted by Gasteiger charge is -2.00. The summed E-state index contributed by atoms with van der Waals surface area (Å²) in [5, 5.41) is 15.8. The Kier molecular flexibility index (Phi) is 4.57. The van der Waals surface area contributed by atoms with Gasteiger partial charge in [0.25, 0.3) is 5.69 Å². The second-order valence-corrected chi connectivity index (χ2v) is 6.92. The molecule has 1 N–H and O–H groups in total. The van der Waals surface area contributed by atoms with Crippen LogP contribution in [0.25, 0.3) is 21.5 Å². The molecule has 134 valence electrons. The molecule has 0 radical (unpaired) electrons. The average Bonchev–Trinajstić information content (AvgIpc) is 3.28. The number of hydrazone groups is 1. The van der Waals surface area contributed by atoms with Crippen molar-refractivity contribution in [1.82, 2.24) is 4.98 Å². The van der Waals surface area contributed by atoms with Gasteiger partial charge in [-0.05, 0) is 30.3 Å². The highest BCUT2D eigenvalue weighted by atomic mass is 35.5. The third-order valence-electron chi connectivity index (χ3n) is 3.70. The molecule has 0 bridgehead atoms. The Balaban J connectivity index is 1.49. The predicted octanol–water partition coefficient (Wildman–Crippen LogP) is 5.56. The molecule has 0 unspecified atom stereocenters. The number of thiazole rings is 1. The highest BCUT2D eigenvalue weighted by Gasteiger charge is 2.13.